The number of nitrogens with one attached hydrogen (secondary N) is 1. The molecule has 158 valence electrons. The number of hydrogen-bond acceptors (Lipinski definition) is 7. The van der Waals surface area contributed by atoms with E-state index in [2.05, 4.69) is 5.32 Å². The van der Waals surface area contributed by atoms with Gasteiger partial charge in [-0.15, -0.1) is 0 Å². The lowest BCUT2D eigenvalue weighted by Gasteiger charge is -2.16. The Balaban J connectivity index is 1.43. The highest BCUT2D eigenvalue weighted by atomic mass is 16.7. The number of esters is 1. The van der Waals surface area contributed by atoms with Crippen LogP contribution in [-0.4, -0.2) is 30.2 Å². The molecule has 1 aliphatic heterocycles. The molecule has 0 aliphatic carbocycles. The number of ether oxygens (including phenoxy) is 3. The summed E-state index contributed by atoms with van der Waals surface area (Å²) in [6.07, 6.45) is 0. The second-order valence-corrected chi connectivity index (χ2v) is 6.91. The SMILES string of the molecule is CC(NC(=O)COC(=O)c1cc2c(cc1[N+](=O)[O-])OCO2)c1cccc2ccccc12. The number of carbonyl (C=O) groups is 2. The quantitative estimate of drug-likeness (QED) is 0.367. The third-order valence-corrected chi connectivity index (χ3v) is 4.91. The molecule has 0 saturated carbocycles. The molecule has 1 heterocycles. The van der Waals surface area contributed by atoms with E-state index in [1.54, 1.807) is 0 Å². The highest BCUT2D eigenvalue weighted by Gasteiger charge is 2.28. The number of nitro benzene ring substituents is 1. The average Bonchev–Trinajstić information content (AvgIpc) is 3.23. The van der Waals surface area contributed by atoms with E-state index in [9.17, 15) is 19.7 Å². The number of carbonyl (C=O) groups excluding carboxylic acids is 2. The number of nitrogens with zero attached hydrogens (tertiary/aromatic N) is 1. The van der Waals surface area contributed by atoms with Crippen molar-refractivity contribution in [1.29, 1.82) is 0 Å². The highest BCUT2D eigenvalue weighted by Crippen LogP contribution is 2.38. The predicted molar refractivity (Wildman–Crippen MR) is 110 cm³/mol. The molecule has 1 atom stereocenters. The summed E-state index contributed by atoms with van der Waals surface area (Å²) in [5, 5.41) is 16.1. The van der Waals surface area contributed by atoms with Crippen molar-refractivity contribution in [2.45, 2.75) is 13.0 Å². The van der Waals surface area contributed by atoms with Crippen LogP contribution >= 0.6 is 0 Å². The molecule has 1 amide bonds. The van der Waals surface area contributed by atoms with E-state index in [0.29, 0.717) is 0 Å². The largest absolute Gasteiger partial charge is 0.454 e. The molecule has 0 aromatic heterocycles. The summed E-state index contributed by atoms with van der Waals surface area (Å²) in [5.41, 5.74) is 0.118. The van der Waals surface area contributed by atoms with Crippen LogP contribution in [0.15, 0.2) is 54.6 Å². The molecule has 0 radical (unpaired) electrons. The lowest BCUT2D eigenvalue weighted by molar-refractivity contribution is -0.385. The van der Waals surface area contributed by atoms with Crippen LogP contribution in [0.25, 0.3) is 10.8 Å². The molecule has 0 spiro atoms. The molecule has 1 unspecified atom stereocenters. The number of nitro groups is 1. The maximum atomic E-state index is 12.4. The van der Waals surface area contributed by atoms with Gasteiger partial charge in [0.15, 0.2) is 18.1 Å². The Morgan fingerprint density at radius 1 is 1.13 bits per heavy atom. The molecule has 0 fully saturated rings. The van der Waals surface area contributed by atoms with Crippen LogP contribution in [-0.2, 0) is 9.53 Å². The molecule has 4 rings (SSSR count). The summed E-state index contributed by atoms with van der Waals surface area (Å²) in [6.45, 7) is 1.14. The van der Waals surface area contributed by atoms with Crippen LogP contribution in [0.5, 0.6) is 11.5 Å². The topological polar surface area (TPSA) is 117 Å². The fraction of sp³-hybridized carbons (Fsp3) is 0.182. The zero-order valence-electron chi connectivity index (χ0n) is 16.5. The van der Waals surface area contributed by atoms with Gasteiger partial charge in [-0.05, 0) is 23.3 Å². The number of benzene rings is 3. The third-order valence-electron chi connectivity index (χ3n) is 4.91. The van der Waals surface area contributed by atoms with E-state index in [1.807, 2.05) is 49.4 Å². The number of hydrogen-bond donors (Lipinski definition) is 1. The van der Waals surface area contributed by atoms with Gasteiger partial charge in [0.05, 0.1) is 17.0 Å². The third kappa shape index (κ3) is 4.11. The number of amides is 1. The second kappa shape index (κ2) is 8.31. The van der Waals surface area contributed by atoms with Gasteiger partial charge in [-0.3, -0.25) is 14.9 Å². The van der Waals surface area contributed by atoms with Crippen molar-refractivity contribution in [2.75, 3.05) is 13.4 Å². The second-order valence-electron chi connectivity index (χ2n) is 6.91. The average molecular weight is 422 g/mol. The Labute approximate surface area is 176 Å². The molecule has 3 aromatic carbocycles. The summed E-state index contributed by atoms with van der Waals surface area (Å²) in [5.74, 6) is -1.16. The van der Waals surface area contributed by atoms with Crippen LogP contribution in [0, 0.1) is 10.1 Å². The Morgan fingerprint density at radius 3 is 2.61 bits per heavy atom. The Hall–Kier alpha value is -4.14. The molecular weight excluding hydrogens is 404 g/mol. The summed E-state index contributed by atoms with van der Waals surface area (Å²) >= 11 is 0. The number of rotatable bonds is 6. The van der Waals surface area contributed by atoms with Crippen LogP contribution in [0.4, 0.5) is 5.69 Å². The first-order valence-electron chi connectivity index (χ1n) is 9.46. The zero-order valence-corrected chi connectivity index (χ0v) is 16.5. The monoisotopic (exact) mass is 422 g/mol. The molecular formula is C22H18N2O7. The van der Waals surface area contributed by atoms with Crippen molar-refractivity contribution in [3.63, 3.8) is 0 Å². The molecule has 1 aliphatic rings. The van der Waals surface area contributed by atoms with Crippen LogP contribution in [0.3, 0.4) is 0 Å². The summed E-state index contributed by atoms with van der Waals surface area (Å²) in [4.78, 5) is 35.3. The molecule has 9 nitrogen and oxygen atoms in total. The lowest BCUT2D eigenvalue weighted by atomic mass is 10.00. The first kappa shape index (κ1) is 20.1. The summed E-state index contributed by atoms with van der Waals surface area (Å²) in [7, 11) is 0. The van der Waals surface area contributed by atoms with Crippen molar-refractivity contribution in [3.8, 4) is 11.5 Å². The number of fused-ring (bicyclic) bond motifs is 2. The molecule has 3 aromatic rings. The maximum absolute atomic E-state index is 12.4. The molecule has 0 bridgehead atoms. The van der Waals surface area contributed by atoms with Gasteiger partial charge in [0, 0.05) is 6.07 Å². The van der Waals surface area contributed by atoms with E-state index in [-0.39, 0.29) is 29.9 Å². The molecule has 9 heteroatoms. The minimum atomic E-state index is -1.00. The van der Waals surface area contributed by atoms with Gasteiger partial charge in [0.25, 0.3) is 11.6 Å². The predicted octanol–water partition coefficient (Wildman–Crippen LogP) is 3.51. The van der Waals surface area contributed by atoms with Crippen molar-refractivity contribution < 1.29 is 28.7 Å². The van der Waals surface area contributed by atoms with E-state index in [0.717, 1.165) is 22.4 Å². The molecule has 31 heavy (non-hydrogen) atoms. The Kier molecular flexibility index (Phi) is 5.40. The highest BCUT2D eigenvalue weighted by molar-refractivity contribution is 5.96. The van der Waals surface area contributed by atoms with Crippen LogP contribution < -0.4 is 14.8 Å². The maximum Gasteiger partial charge on any atom is 0.345 e. The summed E-state index contributed by atoms with van der Waals surface area (Å²) in [6, 6.07) is 15.5. The van der Waals surface area contributed by atoms with Gasteiger partial charge in [0.2, 0.25) is 6.79 Å². The van der Waals surface area contributed by atoms with Gasteiger partial charge >= 0.3 is 5.97 Å². The van der Waals surface area contributed by atoms with Crippen LogP contribution in [0.2, 0.25) is 0 Å². The van der Waals surface area contributed by atoms with E-state index >= 15 is 0 Å². The fourth-order valence-corrected chi connectivity index (χ4v) is 3.44. The van der Waals surface area contributed by atoms with Gasteiger partial charge in [-0.25, -0.2) is 4.79 Å². The minimum absolute atomic E-state index is 0.0978. The van der Waals surface area contributed by atoms with Gasteiger partial charge in [-0.2, -0.15) is 0 Å². The van der Waals surface area contributed by atoms with E-state index in [1.165, 1.54) is 6.07 Å². The molecule has 0 saturated heterocycles. The van der Waals surface area contributed by atoms with Crippen LogP contribution in [0.1, 0.15) is 28.9 Å². The van der Waals surface area contributed by atoms with Gasteiger partial charge < -0.3 is 19.5 Å². The Morgan fingerprint density at radius 2 is 1.84 bits per heavy atom. The zero-order chi connectivity index (χ0) is 22.0. The van der Waals surface area contributed by atoms with Gasteiger partial charge in [-0.1, -0.05) is 42.5 Å². The normalized spacial score (nSPS) is 12.9. The fourth-order valence-electron chi connectivity index (χ4n) is 3.44. The van der Waals surface area contributed by atoms with E-state index < -0.39 is 29.1 Å². The standard InChI is InChI=1S/C22H18N2O7/c1-13(15-8-4-6-14-5-2-3-7-16(14)15)23-21(25)11-29-22(26)17-9-19-20(31-12-30-19)10-18(17)24(27)28/h2-10,13H,11-12H2,1H3,(H,23,25). The lowest BCUT2D eigenvalue weighted by Crippen LogP contribution is -2.31. The Bertz CT molecular complexity index is 1190. The molecule has 1 N–H and O–H groups in total. The first-order valence-corrected chi connectivity index (χ1v) is 9.46. The van der Waals surface area contributed by atoms with Crippen molar-refractivity contribution in [1.82, 2.24) is 5.32 Å². The minimum Gasteiger partial charge on any atom is -0.454 e. The van der Waals surface area contributed by atoms with Gasteiger partial charge in [0.1, 0.15) is 5.56 Å². The van der Waals surface area contributed by atoms with E-state index in [4.69, 9.17) is 14.2 Å². The summed E-state index contributed by atoms with van der Waals surface area (Å²) < 4.78 is 15.3. The van der Waals surface area contributed by atoms with Crippen molar-refractivity contribution in [3.05, 3.63) is 75.8 Å². The smallest absolute Gasteiger partial charge is 0.345 e. The van der Waals surface area contributed by atoms with Crippen molar-refractivity contribution >= 4 is 28.3 Å². The van der Waals surface area contributed by atoms with Crippen molar-refractivity contribution in [2.24, 2.45) is 0 Å². The first-order chi connectivity index (χ1) is 14.9.